The van der Waals surface area contributed by atoms with Crippen molar-refractivity contribution >= 4 is 5.69 Å². The van der Waals surface area contributed by atoms with E-state index in [0.29, 0.717) is 11.4 Å². The summed E-state index contributed by atoms with van der Waals surface area (Å²) in [4.78, 5) is 3.88. The minimum absolute atomic E-state index is 0.0898. The van der Waals surface area contributed by atoms with E-state index in [2.05, 4.69) is 4.98 Å². The van der Waals surface area contributed by atoms with E-state index < -0.39 is 0 Å². The van der Waals surface area contributed by atoms with E-state index in [1.807, 2.05) is 13.0 Å². The number of aryl methyl sites for hydroxylation is 1. The van der Waals surface area contributed by atoms with Gasteiger partial charge in [-0.1, -0.05) is 0 Å². The Morgan fingerprint density at radius 3 is 2.90 bits per heavy atom. The van der Waals surface area contributed by atoms with E-state index in [-0.39, 0.29) is 6.61 Å². The molecule has 0 bridgehead atoms. The molecule has 0 radical (unpaired) electrons. The van der Waals surface area contributed by atoms with E-state index in [4.69, 9.17) is 10.8 Å². The Morgan fingerprint density at radius 1 is 1.70 bits per heavy atom. The third-order valence-electron chi connectivity index (χ3n) is 1.44. The minimum Gasteiger partial charge on any atom is -0.397 e. The molecule has 1 aromatic heterocycles. The van der Waals surface area contributed by atoms with Gasteiger partial charge in [-0.05, 0) is 18.6 Å². The number of nitrogen functional groups attached to an aromatic ring is 1. The highest BCUT2D eigenvalue weighted by Crippen LogP contribution is 2.12. The van der Waals surface area contributed by atoms with Gasteiger partial charge in [0.15, 0.2) is 0 Å². The molecule has 1 aromatic rings. The van der Waals surface area contributed by atoms with Gasteiger partial charge < -0.3 is 10.8 Å². The third kappa shape index (κ3) is 1.09. The molecule has 10 heavy (non-hydrogen) atoms. The second kappa shape index (κ2) is 2.66. The molecule has 3 nitrogen and oxygen atoms in total. The second-order valence-electron chi connectivity index (χ2n) is 2.15. The van der Waals surface area contributed by atoms with Crippen molar-refractivity contribution in [2.24, 2.45) is 0 Å². The first-order valence-electron chi connectivity index (χ1n) is 3.06. The van der Waals surface area contributed by atoms with Crippen molar-refractivity contribution in [1.82, 2.24) is 4.98 Å². The molecule has 0 saturated heterocycles. The van der Waals surface area contributed by atoms with Crippen molar-refractivity contribution in [2.75, 3.05) is 5.73 Å². The summed E-state index contributed by atoms with van der Waals surface area (Å²) in [6, 6.07) is 1.81. The predicted octanol–water partition coefficient (Wildman–Crippen LogP) is 0.465. The number of anilines is 1. The van der Waals surface area contributed by atoms with Crippen molar-refractivity contribution in [3.8, 4) is 0 Å². The van der Waals surface area contributed by atoms with Crippen LogP contribution in [0, 0.1) is 6.92 Å². The van der Waals surface area contributed by atoms with Gasteiger partial charge in [0.2, 0.25) is 0 Å². The zero-order valence-corrected chi connectivity index (χ0v) is 5.83. The summed E-state index contributed by atoms with van der Waals surface area (Å²) in [7, 11) is 0. The van der Waals surface area contributed by atoms with E-state index in [9.17, 15) is 0 Å². The summed E-state index contributed by atoms with van der Waals surface area (Å²) in [5.41, 5.74) is 7.67. The Morgan fingerprint density at radius 2 is 2.40 bits per heavy atom. The van der Waals surface area contributed by atoms with Crippen molar-refractivity contribution in [1.29, 1.82) is 0 Å². The van der Waals surface area contributed by atoms with Crippen LogP contribution in [0.15, 0.2) is 12.3 Å². The largest absolute Gasteiger partial charge is 0.397 e. The SMILES string of the molecule is Cc1ccnc(CO)c1N. The molecule has 0 saturated carbocycles. The Kier molecular flexibility index (Phi) is 1.87. The molecule has 0 aliphatic heterocycles. The van der Waals surface area contributed by atoms with Crippen molar-refractivity contribution < 1.29 is 5.11 Å². The number of rotatable bonds is 1. The number of hydrogen-bond acceptors (Lipinski definition) is 3. The van der Waals surface area contributed by atoms with Crippen LogP contribution in [0.2, 0.25) is 0 Å². The number of nitrogens with two attached hydrogens (primary N) is 1. The lowest BCUT2D eigenvalue weighted by molar-refractivity contribution is 0.277. The zero-order chi connectivity index (χ0) is 7.56. The summed E-state index contributed by atoms with van der Waals surface area (Å²) < 4.78 is 0. The molecular formula is C7H10N2O. The topological polar surface area (TPSA) is 59.1 Å². The van der Waals surface area contributed by atoms with Gasteiger partial charge in [-0.3, -0.25) is 4.98 Å². The summed E-state index contributed by atoms with van der Waals surface area (Å²) in [6.07, 6.45) is 1.64. The van der Waals surface area contributed by atoms with Crippen LogP contribution in [0.5, 0.6) is 0 Å². The monoisotopic (exact) mass is 138 g/mol. The molecule has 0 spiro atoms. The van der Waals surface area contributed by atoms with Gasteiger partial charge >= 0.3 is 0 Å². The molecule has 0 aromatic carbocycles. The van der Waals surface area contributed by atoms with Gasteiger partial charge in [0.25, 0.3) is 0 Å². The van der Waals surface area contributed by atoms with Crippen LogP contribution in [-0.2, 0) is 6.61 Å². The zero-order valence-electron chi connectivity index (χ0n) is 5.83. The Labute approximate surface area is 59.5 Å². The van der Waals surface area contributed by atoms with Crippen molar-refractivity contribution in [2.45, 2.75) is 13.5 Å². The smallest absolute Gasteiger partial charge is 0.0889 e. The van der Waals surface area contributed by atoms with E-state index >= 15 is 0 Å². The molecule has 0 aliphatic carbocycles. The lowest BCUT2D eigenvalue weighted by Gasteiger charge is -2.02. The number of pyridine rings is 1. The highest BCUT2D eigenvalue weighted by molar-refractivity contribution is 5.49. The maximum absolute atomic E-state index is 8.70. The fourth-order valence-electron chi connectivity index (χ4n) is 0.752. The molecule has 0 aliphatic rings. The number of aliphatic hydroxyl groups is 1. The molecular weight excluding hydrogens is 128 g/mol. The first-order valence-corrected chi connectivity index (χ1v) is 3.06. The summed E-state index contributed by atoms with van der Waals surface area (Å²) in [5, 5.41) is 8.70. The van der Waals surface area contributed by atoms with Gasteiger partial charge in [0.1, 0.15) is 0 Å². The average molecular weight is 138 g/mol. The Bertz CT molecular complexity index is 235. The van der Waals surface area contributed by atoms with Gasteiger partial charge in [-0.25, -0.2) is 0 Å². The van der Waals surface area contributed by atoms with Crippen LogP contribution in [0.25, 0.3) is 0 Å². The molecule has 3 N–H and O–H groups in total. The molecule has 0 amide bonds. The van der Waals surface area contributed by atoms with Gasteiger partial charge in [-0.2, -0.15) is 0 Å². The maximum Gasteiger partial charge on any atom is 0.0889 e. The van der Waals surface area contributed by atoms with Gasteiger partial charge in [-0.15, -0.1) is 0 Å². The van der Waals surface area contributed by atoms with E-state index in [1.165, 1.54) is 0 Å². The molecule has 0 fully saturated rings. The van der Waals surface area contributed by atoms with Gasteiger partial charge in [0, 0.05) is 6.20 Å². The molecule has 1 heterocycles. The molecule has 3 heteroatoms. The van der Waals surface area contributed by atoms with Crippen molar-refractivity contribution in [3.05, 3.63) is 23.5 Å². The maximum atomic E-state index is 8.70. The van der Waals surface area contributed by atoms with Crippen LogP contribution in [0.3, 0.4) is 0 Å². The van der Waals surface area contributed by atoms with Crippen LogP contribution in [0.1, 0.15) is 11.3 Å². The fourth-order valence-corrected chi connectivity index (χ4v) is 0.752. The fraction of sp³-hybridized carbons (Fsp3) is 0.286. The normalized spacial score (nSPS) is 9.80. The van der Waals surface area contributed by atoms with E-state index in [0.717, 1.165) is 5.56 Å². The number of aliphatic hydroxyl groups excluding tert-OH is 1. The molecule has 54 valence electrons. The number of hydrogen-bond donors (Lipinski definition) is 2. The summed E-state index contributed by atoms with van der Waals surface area (Å²) in [6.45, 7) is 1.80. The number of aromatic nitrogens is 1. The standard InChI is InChI=1S/C7H10N2O/c1-5-2-3-9-6(4-10)7(5)8/h2-3,10H,4,8H2,1H3. The number of nitrogens with zero attached hydrogens (tertiary/aromatic N) is 1. The first-order chi connectivity index (χ1) is 4.75. The lowest BCUT2D eigenvalue weighted by atomic mass is 10.2. The quantitative estimate of drug-likeness (QED) is 0.592. The molecule has 0 atom stereocenters. The summed E-state index contributed by atoms with van der Waals surface area (Å²) in [5.74, 6) is 0. The molecule has 1 rings (SSSR count). The minimum atomic E-state index is -0.0898. The van der Waals surface area contributed by atoms with E-state index in [1.54, 1.807) is 6.20 Å². The second-order valence-corrected chi connectivity index (χ2v) is 2.15. The predicted molar refractivity (Wildman–Crippen MR) is 39.3 cm³/mol. The summed E-state index contributed by atoms with van der Waals surface area (Å²) >= 11 is 0. The lowest BCUT2D eigenvalue weighted by Crippen LogP contribution is -1.99. The average Bonchev–Trinajstić information content (AvgIpc) is 1.95. The highest BCUT2D eigenvalue weighted by Gasteiger charge is 1.99. The molecule has 0 unspecified atom stereocenters. The van der Waals surface area contributed by atoms with Gasteiger partial charge in [0.05, 0.1) is 18.0 Å². The highest BCUT2D eigenvalue weighted by atomic mass is 16.3. The van der Waals surface area contributed by atoms with Crippen LogP contribution >= 0.6 is 0 Å². The third-order valence-corrected chi connectivity index (χ3v) is 1.44. The first kappa shape index (κ1) is 7.02. The van der Waals surface area contributed by atoms with Crippen LogP contribution in [0.4, 0.5) is 5.69 Å². The van der Waals surface area contributed by atoms with Crippen LogP contribution < -0.4 is 5.73 Å². The van der Waals surface area contributed by atoms with Crippen molar-refractivity contribution in [3.63, 3.8) is 0 Å². The Balaban J connectivity index is 3.14. The Hall–Kier alpha value is -1.09. The van der Waals surface area contributed by atoms with Crippen LogP contribution in [-0.4, -0.2) is 10.1 Å².